The van der Waals surface area contributed by atoms with Gasteiger partial charge in [0.25, 0.3) is 10.0 Å². The van der Waals surface area contributed by atoms with E-state index >= 15 is 0 Å². The molecule has 0 amide bonds. The summed E-state index contributed by atoms with van der Waals surface area (Å²) < 4.78 is 30.2. The number of rotatable bonds is 9. The van der Waals surface area contributed by atoms with Crippen molar-refractivity contribution in [1.82, 2.24) is 19.7 Å². The molecule has 2 aromatic heterocycles. The molecule has 2 heterocycles. The van der Waals surface area contributed by atoms with Gasteiger partial charge in [-0.15, -0.1) is 0 Å². The second-order valence-electron chi connectivity index (χ2n) is 7.15. The monoisotopic (exact) mass is 462 g/mol. The fourth-order valence-electron chi connectivity index (χ4n) is 2.97. The molecule has 0 unspecified atom stereocenters. The zero-order valence-corrected chi connectivity index (χ0v) is 19.5. The van der Waals surface area contributed by atoms with Crippen LogP contribution in [0.2, 0.25) is 0 Å². The number of hydrogen-bond donors (Lipinski definition) is 3. The molecular formula is C20H26N6O3S2. The summed E-state index contributed by atoms with van der Waals surface area (Å²) in [6.45, 7) is 5.06. The average Bonchev–Trinajstić information content (AvgIpc) is 2.98. The fourth-order valence-corrected chi connectivity index (χ4v) is 5.21. The van der Waals surface area contributed by atoms with Crippen LogP contribution in [-0.4, -0.2) is 45.9 Å². The van der Waals surface area contributed by atoms with Crippen LogP contribution >= 0.6 is 11.8 Å². The molecule has 3 aromatic rings. The molecule has 1 aromatic carbocycles. The normalized spacial score (nSPS) is 12.5. The predicted molar refractivity (Wildman–Crippen MR) is 122 cm³/mol. The van der Waals surface area contributed by atoms with Crippen LogP contribution in [0.25, 0.3) is 0 Å². The number of sulfonamides is 1. The van der Waals surface area contributed by atoms with Crippen molar-refractivity contribution in [2.75, 3.05) is 16.6 Å². The average molecular weight is 463 g/mol. The Morgan fingerprint density at radius 2 is 1.84 bits per heavy atom. The topological polar surface area (TPSA) is 122 Å². The van der Waals surface area contributed by atoms with Crippen LogP contribution in [0.4, 0.5) is 11.6 Å². The Morgan fingerprint density at radius 3 is 2.45 bits per heavy atom. The molecule has 3 N–H and O–H groups in total. The number of hydrogen-bond acceptors (Lipinski definition) is 8. The number of nitrogens with zero attached hydrogens (tertiary/aromatic N) is 4. The van der Waals surface area contributed by atoms with E-state index in [9.17, 15) is 13.5 Å². The van der Waals surface area contributed by atoms with Gasteiger partial charge in [-0.25, -0.2) is 18.4 Å². The lowest BCUT2D eigenvalue weighted by Gasteiger charge is -2.14. The number of nitrogens with one attached hydrogen (secondary N) is 2. The van der Waals surface area contributed by atoms with E-state index in [1.54, 1.807) is 27.8 Å². The predicted octanol–water partition coefficient (Wildman–Crippen LogP) is 2.71. The molecule has 3 rings (SSSR count). The maximum absolute atomic E-state index is 13.0. The fraction of sp³-hybridized carbons (Fsp3) is 0.350. The summed E-state index contributed by atoms with van der Waals surface area (Å²) in [6.07, 6.45) is 0. The van der Waals surface area contributed by atoms with Gasteiger partial charge in [-0.1, -0.05) is 42.1 Å². The highest BCUT2D eigenvalue weighted by Gasteiger charge is 2.25. The number of aromatic nitrogens is 4. The van der Waals surface area contributed by atoms with Crippen molar-refractivity contribution in [2.24, 2.45) is 7.05 Å². The van der Waals surface area contributed by atoms with Gasteiger partial charge in [0.05, 0.1) is 18.0 Å². The van der Waals surface area contributed by atoms with Crippen molar-refractivity contribution in [3.63, 3.8) is 0 Å². The summed E-state index contributed by atoms with van der Waals surface area (Å²) in [7, 11) is -2.20. The summed E-state index contributed by atoms with van der Waals surface area (Å²) in [5.74, 6) is 1.19. The smallest absolute Gasteiger partial charge is 0.266 e. The van der Waals surface area contributed by atoms with Gasteiger partial charge in [-0.3, -0.25) is 9.40 Å². The maximum Gasteiger partial charge on any atom is 0.266 e. The molecule has 0 aliphatic carbocycles. The molecule has 0 aliphatic rings. The molecule has 11 heteroatoms. The maximum atomic E-state index is 13.0. The second kappa shape index (κ2) is 9.67. The van der Waals surface area contributed by atoms with Crippen LogP contribution in [0.1, 0.15) is 23.9 Å². The third-order valence-corrected chi connectivity index (χ3v) is 7.06. The molecule has 0 saturated carbocycles. The summed E-state index contributed by atoms with van der Waals surface area (Å²) in [4.78, 5) is 8.98. The zero-order valence-electron chi connectivity index (χ0n) is 17.8. The Bertz CT molecular complexity index is 1150. The van der Waals surface area contributed by atoms with Gasteiger partial charge >= 0.3 is 0 Å². The second-order valence-corrected chi connectivity index (χ2v) is 9.71. The molecule has 166 valence electrons. The number of thioether (sulfide) groups is 1. The number of aliphatic hydroxyl groups is 1. The first-order chi connectivity index (χ1) is 14.7. The molecule has 31 heavy (non-hydrogen) atoms. The van der Waals surface area contributed by atoms with Crippen molar-refractivity contribution in [2.45, 2.75) is 42.6 Å². The number of aryl methyl sites for hydroxylation is 2. The molecule has 0 aliphatic heterocycles. The van der Waals surface area contributed by atoms with Gasteiger partial charge in [-0.05, 0) is 26.3 Å². The molecule has 0 spiro atoms. The lowest BCUT2D eigenvalue weighted by atomic mass is 10.2. The van der Waals surface area contributed by atoms with Crippen LogP contribution in [0, 0.1) is 13.8 Å². The SMILES string of the molecule is Cc1nn(C)c(C)c1S(=O)(=O)Nc1cc(N[C@H](C)CO)nc(SCc2ccccc2)n1. The van der Waals surface area contributed by atoms with Gasteiger partial charge in [0.15, 0.2) is 5.16 Å². The minimum atomic E-state index is -3.90. The van der Waals surface area contributed by atoms with Gasteiger partial charge in [0, 0.05) is 24.9 Å². The van der Waals surface area contributed by atoms with E-state index in [4.69, 9.17) is 0 Å². The largest absolute Gasteiger partial charge is 0.394 e. The zero-order chi connectivity index (χ0) is 22.6. The molecule has 0 radical (unpaired) electrons. The Hall–Kier alpha value is -2.63. The van der Waals surface area contributed by atoms with Crippen LogP contribution in [-0.2, 0) is 22.8 Å². The van der Waals surface area contributed by atoms with Crippen LogP contribution < -0.4 is 10.0 Å². The standard InChI is InChI=1S/C20H26N6O3S2/c1-13(11-27)21-17-10-18(23-20(22-17)30-12-16-8-6-5-7-9-16)25-31(28,29)19-14(2)24-26(4)15(19)3/h5-10,13,27H,11-12H2,1-4H3,(H2,21,22,23,25)/t13-/m1/s1. The Balaban J connectivity index is 1.91. The van der Waals surface area contributed by atoms with Crippen molar-refractivity contribution in [1.29, 1.82) is 0 Å². The van der Waals surface area contributed by atoms with Gasteiger partial charge in [0.1, 0.15) is 16.5 Å². The van der Waals surface area contributed by atoms with E-state index in [1.807, 2.05) is 30.3 Å². The van der Waals surface area contributed by atoms with E-state index in [2.05, 4.69) is 25.1 Å². The number of anilines is 2. The number of aliphatic hydroxyl groups excluding tert-OH is 1. The Labute approximate surface area is 186 Å². The van der Waals surface area contributed by atoms with E-state index in [-0.39, 0.29) is 23.4 Å². The van der Waals surface area contributed by atoms with Crippen LogP contribution in [0.3, 0.4) is 0 Å². The number of benzene rings is 1. The first-order valence-corrected chi connectivity index (χ1v) is 12.1. The molecule has 9 nitrogen and oxygen atoms in total. The van der Waals surface area contributed by atoms with Crippen molar-refractivity contribution in [3.05, 3.63) is 53.3 Å². The van der Waals surface area contributed by atoms with Gasteiger partial charge in [-0.2, -0.15) is 5.10 Å². The molecule has 0 bridgehead atoms. The first-order valence-electron chi connectivity index (χ1n) is 9.66. The van der Waals surface area contributed by atoms with Crippen molar-refractivity contribution < 1.29 is 13.5 Å². The van der Waals surface area contributed by atoms with Crippen LogP contribution in [0.15, 0.2) is 46.5 Å². The summed E-state index contributed by atoms with van der Waals surface area (Å²) in [5, 5.41) is 17.0. The summed E-state index contributed by atoms with van der Waals surface area (Å²) in [6, 6.07) is 11.1. The highest BCUT2D eigenvalue weighted by atomic mass is 32.2. The molecular weight excluding hydrogens is 436 g/mol. The summed E-state index contributed by atoms with van der Waals surface area (Å²) in [5.41, 5.74) is 2.04. The van der Waals surface area contributed by atoms with Crippen molar-refractivity contribution >= 4 is 33.4 Å². The van der Waals surface area contributed by atoms with Gasteiger partial charge < -0.3 is 10.4 Å². The highest BCUT2D eigenvalue weighted by molar-refractivity contribution is 7.98. The van der Waals surface area contributed by atoms with E-state index in [0.717, 1.165) is 5.56 Å². The lowest BCUT2D eigenvalue weighted by Crippen LogP contribution is -2.21. The molecule has 1 atom stereocenters. The minimum absolute atomic E-state index is 0.0916. The van der Waals surface area contributed by atoms with E-state index < -0.39 is 10.0 Å². The molecule has 0 fully saturated rings. The lowest BCUT2D eigenvalue weighted by molar-refractivity contribution is 0.281. The highest BCUT2D eigenvalue weighted by Crippen LogP contribution is 2.26. The molecule has 0 saturated heterocycles. The first kappa shape index (κ1) is 23.0. The van der Waals surface area contributed by atoms with E-state index in [1.165, 1.54) is 22.5 Å². The summed E-state index contributed by atoms with van der Waals surface area (Å²) >= 11 is 1.39. The third kappa shape index (κ3) is 5.75. The van der Waals surface area contributed by atoms with Crippen molar-refractivity contribution in [3.8, 4) is 0 Å². The quantitative estimate of drug-likeness (QED) is 0.328. The minimum Gasteiger partial charge on any atom is -0.394 e. The van der Waals surface area contributed by atoms with Gasteiger partial charge in [0.2, 0.25) is 0 Å². The Morgan fingerprint density at radius 1 is 1.16 bits per heavy atom. The Kier molecular flexibility index (Phi) is 7.19. The third-order valence-electron chi connectivity index (χ3n) is 4.53. The van der Waals surface area contributed by atoms with Crippen LogP contribution in [0.5, 0.6) is 0 Å². The van der Waals surface area contributed by atoms with E-state index in [0.29, 0.717) is 28.1 Å².